The normalized spacial score (nSPS) is 12.5. The van der Waals surface area contributed by atoms with Crippen LogP contribution in [0.4, 0.5) is 5.69 Å². The molecule has 0 spiro atoms. The van der Waals surface area contributed by atoms with E-state index in [1.54, 1.807) is 37.1 Å². The Balaban J connectivity index is 2.38. The fourth-order valence-corrected chi connectivity index (χ4v) is 3.53. The lowest BCUT2D eigenvalue weighted by Crippen LogP contribution is -2.24. The van der Waals surface area contributed by atoms with E-state index in [9.17, 15) is 9.90 Å². The molecule has 7 heteroatoms. The van der Waals surface area contributed by atoms with Crippen LogP contribution in [0.15, 0.2) is 36.4 Å². The van der Waals surface area contributed by atoms with Crippen LogP contribution >= 0.6 is 11.8 Å². The molecular formula is C24H33NO5S. The number of carboxylic acid groups (broad SMARTS) is 1. The van der Waals surface area contributed by atoms with Crippen molar-refractivity contribution in [3.8, 4) is 17.2 Å². The van der Waals surface area contributed by atoms with E-state index in [0.29, 0.717) is 28.6 Å². The number of rotatable bonds is 10. The number of hydrogen-bond acceptors (Lipinski definition) is 6. The molecule has 3 N–H and O–H groups in total. The number of thioether (sulfide) groups is 1. The number of methoxy groups -OCH3 is 1. The lowest BCUT2D eigenvalue weighted by molar-refractivity contribution is -0.136. The van der Waals surface area contributed by atoms with Crippen molar-refractivity contribution in [2.24, 2.45) is 5.92 Å². The van der Waals surface area contributed by atoms with Gasteiger partial charge in [-0.3, -0.25) is 4.79 Å². The number of benzene rings is 2. The minimum absolute atomic E-state index is 0.0667. The number of nitrogens with one attached hydrogen (secondary N) is 1. The summed E-state index contributed by atoms with van der Waals surface area (Å²) in [6.07, 6.45) is -0.745. The largest absolute Gasteiger partial charge is 0.493 e. The molecule has 6 nitrogen and oxygen atoms in total. The summed E-state index contributed by atoms with van der Waals surface area (Å²) in [6, 6.07) is 10.8. The molecule has 0 saturated heterocycles. The Kier molecular flexibility index (Phi) is 8.65. The molecule has 0 fully saturated rings. The standard InChI is InChI=1S/C24H33NO5S/c1-15(2)23(28)25-18-8-10-19(17(13-18)14-31-24(3,4)5)30-21-11-16(12-22(26)27)7-9-20(21)29-6/h7-11,13,15,23,25,28H,12,14H2,1-6H3,(H,26,27). The van der Waals surface area contributed by atoms with Crippen LogP contribution in [0.1, 0.15) is 45.7 Å². The first kappa shape index (κ1) is 24.9. The van der Waals surface area contributed by atoms with Crippen molar-refractivity contribution in [3.05, 3.63) is 47.5 Å². The van der Waals surface area contributed by atoms with Gasteiger partial charge in [-0.25, -0.2) is 0 Å². The second-order valence-electron chi connectivity index (χ2n) is 8.71. The highest BCUT2D eigenvalue weighted by Gasteiger charge is 2.17. The third kappa shape index (κ3) is 7.99. The summed E-state index contributed by atoms with van der Waals surface area (Å²) in [5.74, 6) is 1.53. The van der Waals surface area contributed by atoms with Gasteiger partial charge in [0.05, 0.1) is 13.5 Å². The molecule has 0 aliphatic carbocycles. The molecule has 31 heavy (non-hydrogen) atoms. The van der Waals surface area contributed by atoms with Gasteiger partial charge in [-0.1, -0.05) is 40.7 Å². The molecule has 1 unspecified atom stereocenters. The summed E-state index contributed by atoms with van der Waals surface area (Å²) in [6.45, 7) is 10.4. The number of anilines is 1. The van der Waals surface area contributed by atoms with E-state index in [1.165, 1.54) is 0 Å². The van der Waals surface area contributed by atoms with Crippen LogP contribution in [-0.2, 0) is 17.0 Å². The van der Waals surface area contributed by atoms with E-state index >= 15 is 0 Å². The molecule has 0 aliphatic rings. The zero-order valence-electron chi connectivity index (χ0n) is 19.1. The summed E-state index contributed by atoms with van der Waals surface area (Å²) in [5.41, 5.74) is 2.41. The molecule has 0 heterocycles. The van der Waals surface area contributed by atoms with Gasteiger partial charge in [0.25, 0.3) is 0 Å². The van der Waals surface area contributed by atoms with Crippen LogP contribution in [0.25, 0.3) is 0 Å². The van der Waals surface area contributed by atoms with E-state index < -0.39 is 12.2 Å². The first-order chi connectivity index (χ1) is 14.5. The molecule has 2 aromatic carbocycles. The number of hydrogen-bond donors (Lipinski definition) is 3. The molecule has 0 saturated carbocycles. The van der Waals surface area contributed by atoms with Crippen LogP contribution in [0.3, 0.4) is 0 Å². The van der Waals surface area contributed by atoms with Gasteiger partial charge in [0.2, 0.25) is 0 Å². The Hall–Kier alpha value is -2.38. The second kappa shape index (κ2) is 10.8. The summed E-state index contributed by atoms with van der Waals surface area (Å²) in [5, 5.41) is 22.4. The highest BCUT2D eigenvalue weighted by Crippen LogP contribution is 2.38. The van der Waals surface area contributed by atoms with Gasteiger partial charge >= 0.3 is 5.97 Å². The van der Waals surface area contributed by atoms with E-state index in [-0.39, 0.29) is 17.1 Å². The Morgan fingerprint density at radius 2 is 1.77 bits per heavy atom. The maximum absolute atomic E-state index is 11.1. The van der Waals surface area contributed by atoms with E-state index in [1.807, 2.05) is 32.0 Å². The SMILES string of the molecule is COc1ccc(CC(=O)O)cc1Oc1ccc(NC(O)C(C)C)cc1CSC(C)(C)C. The topological polar surface area (TPSA) is 88.0 Å². The van der Waals surface area contributed by atoms with Gasteiger partial charge in [-0.2, -0.15) is 11.8 Å². The average Bonchev–Trinajstić information content (AvgIpc) is 2.67. The predicted octanol–water partition coefficient (Wildman–Crippen LogP) is 5.53. The molecule has 0 radical (unpaired) electrons. The lowest BCUT2D eigenvalue weighted by atomic mass is 10.1. The number of ether oxygens (including phenoxy) is 2. The Labute approximate surface area is 189 Å². The van der Waals surface area contributed by atoms with Gasteiger partial charge in [0.15, 0.2) is 11.5 Å². The lowest BCUT2D eigenvalue weighted by Gasteiger charge is -2.22. The predicted molar refractivity (Wildman–Crippen MR) is 126 cm³/mol. The molecule has 0 aromatic heterocycles. The maximum Gasteiger partial charge on any atom is 0.307 e. The number of aliphatic hydroxyl groups excluding tert-OH is 1. The molecule has 170 valence electrons. The molecular weight excluding hydrogens is 414 g/mol. The van der Waals surface area contributed by atoms with Gasteiger partial charge in [0, 0.05) is 21.8 Å². The van der Waals surface area contributed by atoms with Crippen molar-refractivity contribution in [1.29, 1.82) is 0 Å². The van der Waals surface area contributed by atoms with E-state index in [2.05, 4.69) is 26.1 Å². The highest BCUT2D eigenvalue weighted by atomic mass is 32.2. The molecule has 0 amide bonds. The van der Waals surface area contributed by atoms with E-state index in [4.69, 9.17) is 14.6 Å². The van der Waals surface area contributed by atoms with Crippen molar-refractivity contribution in [2.75, 3.05) is 12.4 Å². The zero-order valence-corrected chi connectivity index (χ0v) is 19.9. The molecule has 0 aliphatic heterocycles. The van der Waals surface area contributed by atoms with Gasteiger partial charge in [0.1, 0.15) is 12.0 Å². The summed E-state index contributed by atoms with van der Waals surface area (Å²) >= 11 is 1.79. The average molecular weight is 448 g/mol. The minimum atomic E-state index is -0.905. The van der Waals surface area contributed by atoms with Crippen LogP contribution in [0.2, 0.25) is 0 Å². The number of aliphatic hydroxyl groups is 1. The van der Waals surface area contributed by atoms with Crippen molar-refractivity contribution < 1.29 is 24.5 Å². The first-order valence-corrected chi connectivity index (χ1v) is 11.2. The summed E-state index contributed by atoms with van der Waals surface area (Å²) < 4.78 is 11.7. The Morgan fingerprint density at radius 1 is 1.10 bits per heavy atom. The van der Waals surface area contributed by atoms with Gasteiger partial charge in [-0.15, -0.1) is 0 Å². The van der Waals surface area contributed by atoms with Crippen molar-refractivity contribution in [1.82, 2.24) is 0 Å². The maximum atomic E-state index is 11.1. The minimum Gasteiger partial charge on any atom is -0.493 e. The molecule has 2 aromatic rings. The molecule has 2 rings (SSSR count). The number of aliphatic carboxylic acids is 1. The Bertz CT molecular complexity index is 892. The van der Waals surface area contributed by atoms with Crippen molar-refractivity contribution in [2.45, 2.75) is 57.8 Å². The van der Waals surface area contributed by atoms with Crippen LogP contribution in [0, 0.1) is 5.92 Å². The van der Waals surface area contributed by atoms with Crippen molar-refractivity contribution >= 4 is 23.4 Å². The fourth-order valence-electron chi connectivity index (χ4n) is 2.72. The summed E-state index contributed by atoms with van der Waals surface area (Å²) in [4.78, 5) is 11.1. The smallest absolute Gasteiger partial charge is 0.307 e. The van der Waals surface area contributed by atoms with Crippen molar-refractivity contribution in [3.63, 3.8) is 0 Å². The molecule has 0 bridgehead atoms. The third-order valence-corrected chi connectivity index (χ3v) is 5.79. The van der Waals surface area contributed by atoms with Crippen LogP contribution in [0.5, 0.6) is 17.2 Å². The summed E-state index contributed by atoms with van der Waals surface area (Å²) in [7, 11) is 1.55. The van der Waals surface area contributed by atoms with E-state index in [0.717, 1.165) is 11.3 Å². The zero-order chi connectivity index (χ0) is 23.2. The highest BCUT2D eigenvalue weighted by molar-refractivity contribution is 7.99. The van der Waals surface area contributed by atoms with Crippen LogP contribution in [-0.4, -0.2) is 34.3 Å². The van der Waals surface area contributed by atoms with Gasteiger partial charge < -0.3 is 25.0 Å². The number of carboxylic acids is 1. The fraction of sp³-hybridized carbons (Fsp3) is 0.458. The molecule has 1 atom stereocenters. The van der Waals surface area contributed by atoms with Gasteiger partial charge in [-0.05, 0) is 41.8 Å². The second-order valence-corrected chi connectivity index (χ2v) is 10.5. The quantitative estimate of drug-likeness (QED) is 0.413. The third-order valence-electron chi connectivity index (χ3n) is 4.47. The Morgan fingerprint density at radius 3 is 2.35 bits per heavy atom. The first-order valence-electron chi connectivity index (χ1n) is 10.3. The van der Waals surface area contributed by atoms with Crippen LogP contribution < -0.4 is 14.8 Å². The number of carbonyl (C=O) groups is 1. The monoisotopic (exact) mass is 447 g/mol.